The highest BCUT2D eigenvalue weighted by Gasteiger charge is 2.20. The number of rotatable bonds is 4. The topological polar surface area (TPSA) is 68.3 Å². The van der Waals surface area contributed by atoms with E-state index in [0.717, 1.165) is 11.1 Å². The molecule has 122 valence electrons. The van der Waals surface area contributed by atoms with E-state index in [-0.39, 0.29) is 12.3 Å². The first-order valence-corrected chi connectivity index (χ1v) is 7.72. The van der Waals surface area contributed by atoms with E-state index >= 15 is 0 Å². The average molecular weight is 322 g/mol. The number of imidazole rings is 1. The van der Waals surface area contributed by atoms with Crippen LogP contribution in [0, 0.1) is 13.8 Å². The van der Waals surface area contributed by atoms with Crippen molar-refractivity contribution in [2.45, 2.75) is 20.8 Å². The predicted molar refractivity (Wildman–Crippen MR) is 91.2 cm³/mol. The van der Waals surface area contributed by atoms with Gasteiger partial charge in [-0.15, -0.1) is 10.2 Å². The lowest BCUT2D eigenvalue weighted by molar-refractivity contribution is 0.0521. The summed E-state index contributed by atoms with van der Waals surface area (Å²) in [5.74, 6) is -0.135. The summed E-state index contributed by atoms with van der Waals surface area (Å²) < 4.78 is 6.83. The van der Waals surface area contributed by atoms with E-state index in [9.17, 15) is 4.79 Å². The average Bonchev–Trinajstić information content (AvgIpc) is 2.92. The first kappa shape index (κ1) is 15.9. The Balaban J connectivity index is 2.09. The summed E-state index contributed by atoms with van der Waals surface area (Å²) >= 11 is 0. The van der Waals surface area contributed by atoms with Crippen molar-refractivity contribution in [3.8, 4) is 0 Å². The maximum atomic E-state index is 12.2. The zero-order valence-electron chi connectivity index (χ0n) is 13.9. The second-order valence-corrected chi connectivity index (χ2v) is 5.47. The standard InChI is InChI=1S/C18H18N4O2/c1-4-24-18(23)16-17(21-20-14-8-5-12(2)6-9-14)22-11-13(3)7-10-15(22)19-16/h5-11H,4H2,1-3H3. The van der Waals surface area contributed by atoms with E-state index in [4.69, 9.17) is 4.74 Å². The molecule has 0 radical (unpaired) electrons. The van der Waals surface area contributed by atoms with Crippen LogP contribution < -0.4 is 0 Å². The lowest BCUT2D eigenvalue weighted by atomic mass is 10.2. The van der Waals surface area contributed by atoms with Crippen LogP contribution in [-0.4, -0.2) is 22.0 Å². The minimum Gasteiger partial charge on any atom is -0.461 e. The fraction of sp³-hybridized carbons (Fsp3) is 0.222. The second kappa shape index (κ2) is 6.62. The molecule has 6 nitrogen and oxygen atoms in total. The summed E-state index contributed by atoms with van der Waals surface area (Å²) in [4.78, 5) is 16.5. The molecule has 0 N–H and O–H groups in total. The summed E-state index contributed by atoms with van der Waals surface area (Å²) in [6, 6.07) is 11.4. The third kappa shape index (κ3) is 3.17. The molecule has 3 aromatic rings. The van der Waals surface area contributed by atoms with Gasteiger partial charge in [-0.3, -0.25) is 4.40 Å². The smallest absolute Gasteiger partial charge is 0.360 e. The van der Waals surface area contributed by atoms with Gasteiger partial charge in [0.1, 0.15) is 5.65 Å². The van der Waals surface area contributed by atoms with E-state index in [2.05, 4.69) is 15.2 Å². The molecule has 2 heterocycles. The van der Waals surface area contributed by atoms with E-state index < -0.39 is 5.97 Å². The number of hydrogen-bond acceptors (Lipinski definition) is 5. The largest absolute Gasteiger partial charge is 0.461 e. The number of ether oxygens (including phenoxy) is 1. The predicted octanol–water partition coefficient (Wildman–Crippen LogP) is 4.54. The van der Waals surface area contributed by atoms with Gasteiger partial charge in [-0.25, -0.2) is 9.78 Å². The molecule has 6 heteroatoms. The van der Waals surface area contributed by atoms with Crippen molar-refractivity contribution in [3.05, 3.63) is 59.4 Å². The van der Waals surface area contributed by atoms with E-state index in [1.807, 2.05) is 56.4 Å². The van der Waals surface area contributed by atoms with Crippen LogP contribution in [-0.2, 0) is 4.74 Å². The molecule has 0 aliphatic rings. The molecule has 24 heavy (non-hydrogen) atoms. The normalized spacial score (nSPS) is 11.3. The van der Waals surface area contributed by atoms with Gasteiger partial charge < -0.3 is 4.74 Å². The fourth-order valence-electron chi connectivity index (χ4n) is 2.29. The number of carbonyl (C=O) groups is 1. The molecule has 0 saturated heterocycles. The Morgan fingerprint density at radius 3 is 2.50 bits per heavy atom. The van der Waals surface area contributed by atoms with Gasteiger partial charge in [-0.05, 0) is 44.5 Å². The van der Waals surface area contributed by atoms with Crippen molar-refractivity contribution >= 4 is 23.1 Å². The Kier molecular flexibility index (Phi) is 4.37. The minimum absolute atomic E-state index is 0.165. The molecule has 0 unspecified atom stereocenters. The van der Waals surface area contributed by atoms with E-state index in [1.54, 1.807) is 11.3 Å². The fourth-order valence-corrected chi connectivity index (χ4v) is 2.29. The van der Waals surface area contributed by atoms with Crippen LogP contribution >= 0.6 is 0 Å². The summed E-state index contributed by atoms with van der Waals surface area (Å²) in [6.07, 6.45) is 1.87. The minimum atomic E-state index is -0.503. The van der Waals surface area contributed by atoms with Gasteiger partial charge in [0.2, 0.25) is 0 Å². The molecule has 1 aromatic carbocycles. The highest BCUT2D eigenvalue weighted by molar-refractivity contribution is 5.93. The monoisotopic (exact) mass is 322 g/mol. The van der Waals surface area contributed by atoms with Crippen LogP contribution in [0.2, 0.25) is 0 Å². The third-order valence-electron chi connectivity index (χ3n) is 3.50. The summed E-state index contributed by atoms with van der Waals surface area (Å²) in [5, 5.41) is 8.49. The van der Waals surface area contributed by atoms with Crippen LogP contribution in [0.15, 0.2) is 52.8 Å². The Morgan fingerprint density at radius 2 is 1.79 bits per heavy atom. The number of nitrogens with zero attached hydrogens (tertiary/aromatic N) is 4. The van der Waals surface area contributed by atoms with E-state index in [0.29, 0.717) is 17.2 Å². The molecule has 0 aliphatic carbocycles. The van der Waals surface area contributed by atoms with Crippen LogP contribution in [0.1, 0.15) is 28.5 Å². The van der Waals surface area contributed by atoms with E-state index in [1.165, 1.54) is 0 Å². The molecule has 0 bridgehead atoms. The Bertz CT molecular complexity index is 911. The molecule has 0 spiro atoms. The van der Waals surface area contributed by atoms with Crippen LogP contribution in [0.5, 0.6) is 0 Å². The van der Waals surface area contributed by atoms with Gasteiger partial charge in [0.05, 0.1) is 12.3 Å². The zero-order valence-corrected chi connectivity index (χ0v) is 13.9. The molecule has 0 amide bonds. The molecule has 2 aromatic heterocycles. The molecule has 3 rings (SSSR count). The van der Waals surface area contributed by atoms with Crippen molar-refractivity contribution in [3.63, 3.8) is 0 Å². The van der Waals surface area contributed by atoms with Gasteiger partial charge in [0.15, 0.2) is 11.5 Å². The summed E-state index contributed by atoms with van der Waals surface area (Å²) in [6.45, 7) is 6.00. The molecule has 0 aliphatic heterocycles. The Morgan fingerprint density at radius 1 is 1.08 bits per heavy atom. The highest BCUT2D eigenvalue weighted by Crippen LogP contribution is 2.25. The molecule has 0 fully saturated rings. The summed E-state index contributed by atoms with van der Waals surface area (Å²) in [5.41, 5.74) is 3.67. The number of pyridine rings is 1. The van der Waals surface area contributed by atoms with Crippen molar-refractivity contribution in [2.24, 2.45) is 10.2 Å². The van der Waals surface area contributed by atoms with Crippen molar-refractivity contribution in [1.29, 1.82) is 0 Å². The maximum absolute atomic E-state index is 12.2. The number of carbonyl (C=O) groups excluding carboxylic acids is 1. The maximum Gasteiger partial charge on any atom is 0.360 e. The van der Waals surface area contributed by atoms with Gasteiger partial charge in [0, 0.05) is 6.20 Å². The third-order valence-corrected chi connectivity index (χ3v) is 3.50. The molecule has 0 atom stereocenters. The number of aryl methyl sites for hydroxylation is 2. The number of benzene rings is 1. The van der Waals surface area contributed by atoms with Crippen molar-refractivity contribution < 1.29 is 9.53 Å². The molecular formula is C18H18N4O2. The second-order valence-electron chi connectivity index (χ2n) is 5.47. The van der Waals surface area contributed by atoms with Gasteiger partial charge in [-0.2, -0.15) is 0 Å². The van der Waals surface area contributed by atoms with Gasteiger partial charge in [-0.1, -0.05) is 23.8 Å². The SMILES string of the molecule is CCOC(=O)c1nc2ccc(C)cn2c1N=Nc1ccc(C)cc1. The Hall–Kier alpha value is -3.02. The van der Waals surface area contributed by atoms with Gasteiger partial charge >= 0.3 is 5.97 Å². The van der Waals surface area contributed by atoms with Crippen LogP contribution in [0.25, 0.3) is 5.65 Å². The van der Waals surface area contributed by atoms with Crippen LogP contribution in [0.4, 0.5) is 11.5 Å². The first-order valence-electron chi connectivity index (χ1n) is 7.72. The summed E-state index contributed by atoms with van der Waals surface area (Å²) in [7, 11) is 0. The lowest BCUT2D eigenvalue weighted by Crippen LogP contribution is -2.05. The lowest BCUT2D eigenvalue weighted by Gasteiger charge is -2.00. The van der Waals surface area contributed by atoms with Crippen molar-refractivity contribution in [1.82, 2.24) is 9.38 Å². The van der Waals surface area contributed by atoms with Crippen molar-refractivity contribution in [2.75, 3.05) is 6.61 Å². The number of azo groups is 1. The zero-order chi connectivity index (χ0) is 17.1. The molecular weight excluding hydrogens is 304 g/mol. The number of esters is 1. The Labute approximate surface area is 139 Å². The number of aromatic nitrogens is 2. The van der Waals surface area contributed by atoms with Gasteiger partial charge in [0.25, 0.3) is 0 Å². The number of fused-ring (bicyclic) bond motifs is 1. The van der Waals surface area contributed by atoms with Crippen LogP contribution in [0.3, 0.4) is 0 Å². The quantitative estimate of drug-likeness (QED) is 0.523. The highest BCUT2D eigenvalue weighted by atomic mass is 16.5. The molecule has 0 saturated carbocycles. The first-order chi connectivity index (χ1) is 11.6. The number of hydrogen-bond donors (Lipinski definition) is 0.